The van der Waals surface area contributed by atoms with Gasteiger partial charge in [-0.2, -0.15) is 0 Å². The molecule has 0 saturated carbocycles. The Balaban J connectivity index is 0.00000144. The van der Waals surface area contributed by atoms with Gasteiger partial charge in [0.15, 0.2) is 0 Å². The maximum absolute atomic E-state index is 11.9. The predicted molar refractivity (Wildman–Crippen MR) is 74.3 cm³/mol. The molecular weight excluding hydrogens is 256 g/mol. The fraction of sp³-hybridized carbons (Fsp3) is 0.583. The molecule has 0 aromatic carbocycles. The Morgan fingerprint density at radius 3 is 2.88 bits per heavy atom. The van der Waals surface area contributed by atoms with E-state index < -0.39 is 0 Å². The Hall–Kier alpha value is -0.580. The second-order valence-electron chi connectivity index (χ2n) is 4.38. The molecule has 2 rings (SSSR count). The zero-order valence-corrected chi connectivity index (χ0v) is 11.8. The first-order valence-electron chi connectivity index (χ1n) is 5.77. The maximum atomic E-state index is 11.9. The van der Waals surface area contributed by atoms with Crippen LogP contribution in [-0.4, -0.2) is 24.5 Å². The van der Waals surface area contributed by atoms with Crippen LogP contribution in [0.5, 0.6) is 0 Å². The molecule has 0 spiro atoms. The van der Waals surface area contributed by atoms with Gasteiger partial charge in [-0.15, -0.1) is 23.7 Å². The zero-order valence-electron chi connectivity index (χ0n) is 10.2. The molecule has 0 bridgehead atoms. The first-order chi connectivity index (χ1) is 7.66. The van der Waals surface area contributed by atoms with E-state index in [0.717, 1.165) is 24.3 Å². The van der Waals surface area contributed by atoms with Crippen molar-refractivity contribution >= 4 is 29.7 Å². The first-order valence-corrected chi connectivity index (χ1v) is 6.59. The van der Waals surface area contributed by atoms with Crippen molar-refractivity contribution in [1.29, 1.82) is 0 Å². The third-order valence-corrected chi connectivity index (χ3v) is 4.04. The molecule has 1 aliphatic heterocycles. The summed E-state index contributed by atoms with van der Waals surface area (Å²) >= 11 is 1.55. The lowest BCUT2D eigenvalue weighted by atomic mass is 10.00. The zero-order chi connectivity index (χ0) is 11.5. The van der Waals surface area contributed by atoms with Gasteiger partial charge in [0, 0.05) is 17.0 Å². The topological polar surface area (TPSA) is 41.1 Å². The number of carbonyl (C=O) groups is 1. The molecule has 1 aromatic heterocycles. The van der Waals surface area contributed by atoms with Gasteiger partial charge in [-0.25, -0.2) is 0 Å². The first kappa shape index (κ1) is 14.5. The average molecular weight is 275 g/mol. The second-order valence-corrected chi connectivity index (χ2v) is 5.66. The van der Waals surface area contributed by atoms with Crippen LogP contribution in [0.1, 0.15) is 34.3 Å². The number of amides is 1. The highest BCUT2D eigenvalue weighted by Gasteiger charge is 2.23. The van der Waals surface area contributed by atoms with Crippen LogP contribution < -0.4 is 10.6 Å². The van der Waals surface area contributed by atoms with Gasteiger partial charge in [0.1, 0.15) is 0 Å². The van der Waals surface area contributed by atoms with Gasteiger partial charge in [0.05, 0.1) is 4.88 Å². The molecule has 1 aromatic rings. The SMILES string of the molecule is Cc1ccc(C(=O)NC2CCCNC2C)s1.Cl. The third kappa shape index (κ3) is 3.69. The number of hydrogen-bond donors (Lipinski definition) is 2. The van der Waals surface area contributed by atoms with E-state index in [2.05, 4.69) is 17.6 Å². The number of halogens is 1. The number of carbonyl (C=O) groups excluding carboxylic acids is 1. The highest BCUT2D eigenvalue weighted by atomic mass is 35.5. The minimum atomic E-state index is 0. The third-order valence-electron chi connectivity index (χ3n) is 3.04. The summed E-state index contributed by atoms with van der Waals surface area (Å²) in [5.74, 6) is 0.0682. The Morgan fingerprint density at radius 2 is 2.29 bits per heavy atom. The van der Waals surface area contributed by atoms with E-state index in [1.165, 1.54) is 4.88 Å². The van der Waals surface area contributed by atoms with Crippen molar-refractivity contribution in [2.75, 3.05) is 6.54 Å². The summed E-state index contributed by atoms with van der Waals surface area (Å²) in [4.78, 5) is 13.9. The van der Waals surface area contributed by atoms with E-state index in [1.807, 2.05) is 19.1 Å². The number of rotatable bonds is 2. The predicted octanol–water partition coefficient (Wildman–Crippen LogP) is 2.35. The molecule has 1 aliphatic rings. The molecule has 1 fully saturated rings. The molecule has 2 atom stereocenters. The summed E-state index contributed by atoms with van der Waals surface area (Å²) in [5, 5.41) is 6.49. The van der Waals surface area contributed by atoms with Crippen LogP contribution in [0.25, 0.3) is 0 Å². The second kappa shape index (κ2) is 6.38. The van der Waals surface area contributed by atoms with Crippen molar-refractivity contribution in [3.63, 3.8) is 0 Å². The molecule has 96 valence electrons. The summed E-state index contributed by atoms with van der Waals surface area (Å²) in [5.41, 5.74) is 0. The Morgan fingerprint density at radius 1 is 1.53 bits per heavy atom. The Bertz CT molecular complexity index is 380. The summed E-state index contributed by atoms with van der Waals surface area (Å²) in [7, 11) is 0. The van der Waals surface area contributed by atoms with Crippen LogP contribution in [0.3, 0.4) is 0 Å². The van der Waals surface area contributed by atoms with Gasteiger partial charge in [0.25, 0.3) is 5.91 Å². The summed E-state index contributed by atoms with van der Waals surface area (Å²) < 4.78 is 0. The molecule has 5 heteroatoms. The van der Waals surface area contributed by atoms with Crippen molar-refractivity contribution in [3.8, 4) is 0 Å². The minimum absolute atomic E-state index is 0. The summed E-state index contributed by atoms with van der Waals surface area (Å²) in [6.45, 7) is 5.21. The number of thiophene rings is 1. The molecule has 0 radical (unpaired) electrons. The van der Waals surface area contributed by atoms with Crippen LogP contribution in [0.4, 0.5) is 0 Å². The van der Waals surface area contributed by atoms with Gasteiger partial charge < -0.3 is 10.6 Å². The standard InChI is InChI=1S/C12H18N2OS.ClH/c1-8-5-6-11(16-8)12(15)14-10-4-3-7-13-9(10)2;/h5-6,9-10,13H,3-4,7H2,1-2H3,(H,14,15);1H. The van der Waals surface area contributed by atoms with Crippen molar-refractivity contribution in [3.05, 3.63) is 21.9 Å². The summed E-state index contributed by atoms with van der Waals surface area (Å²) in [6, 6.07) is 4.53. The van der Waals surface area contributed by atoms with Gasteiger partial charge in [0.2, 0.25) is 0 Å². The fourth-order valence-electron chi connectivity index (χ4n) is 2.04. The van der Waals surface area contributed by atoms with E-state index in [9.17, 15) is 4.79 Å². The maximum Gasteiger partial charge on any atom is 0.261 e. The van der Waals surface area contributed by atoms with Gasteiger partial charge in [-0.05, 0) is 45.4 Å². The van der Waals surface area contributed by atoms with Crippen LogP contribution >= 0.6 is 23.7 Å². The Labute approximate surface area is 112 Å². The number of hydrogen-bond acceptors (Lipinski definition) is 3. The molecule has 17 heavy (non-hydrogen) atoms. The molecule has 3 nitrogen and oxygen atoms in total. The summed E-state index contributed by atoms with van der Waals surface area (Å²) in [6.07, 6.45) is 2.21. The van der Waals surface area contributed by atoms with Crippen LogP contribution in [-0.2, 0) is 0 Å². The fourth-order valence-corrected chi connectivity index (χ4v) is 2.81. The molecule has 2 heterocycles. The molecule has 1 saturated heterocycles. The van der Waals surface area contributed by atoms with Gasteiger partial charge in [-0.1, -0.05) is 0 Å². The Kier molecular flexibility index (Phi) is 5.43. The largest absolute Gasteiger partial charge is 0.347 e. The average Bonchev–Trinajstić information content (AvgIpc) is 2.68. The van der Waals surface area contributed by atoms with E-state index in [4.69, 9.17) is 0 Å². The van der Waals surface area contributed by atoms with E-state index in [1.54, 1.807) is 11.3 Å². The molecule has 2 unspecified atom stereocenters. The van der Waals surface area contributed by atoms with E-state index in [0.29, 0.717) is 6.04 Å². The highest BCUT2D eigenvalue weighted by Crippen LogP contribution is 2.16. The van der Waals surface area contributed by atoms with Gasteiger partial charge >= 0.3 is 0 Å². The lowest BCUT2D eigenvalue weighted by Gasteiger charge is -2.30. The van der Waals surface area contributed by atoms with Crippen molar-refractivity contribution < 1.29 is 4.79 Å². The normalized spacial score (nSPS) is 23.9. The highest BCUT2D eigenvalue weighted by molar-refractivity contribution is 7.13. The molecule has 0 aliphatic carbocycles. The van der Waals surface area contributed by atoms with E-state index in [-0.39, 0.29) is 24.4 Å². The monoisotopic (exact) mass is 274 g/mol. The van der Waals surface area contributed by atoms with Crippen molar-refractivity contribution in [1.82, 2.24) is 10.6 Å². The number of nitrogens with one attached hydrogen (secondary N) is 2. The number of piperidine rings is 1. The molecular formula is C12H19ClN2OS. The van der Waals surface area contributed by atoms with Crippen molar-refractivity contribution in [2.45, 2.75) is 38.8 Å². The smallest absolute Gasteiger partial charge is 0.261 e. The quantitative estimate of drug-likeness (QED) is 0.869. The molecule has 2 N–H and O–H groups in total. The molecule has 1 amide bonds. The van der Waals surface area contributed by atoms with Gasteiger partial charge in [-0.3, -0.25) is 4.79 Å². The lowest BCUT2D eigenvalue weighted by Crippen LogP contribution is -2.51. The van der Waals surface area contributed by atoms with E-state index >= 15 is 0 Å². The number of aryl methyl sites for hydroxylation is 1. The lowest BCUT2D eigenvalue weighted by molar-refractivity contribution is 0.0924. The van der Waals surface area contributed by atoms with Crippen LogP contribution in [0.2, 0.25) is 0 Å². The van der Waals surface area contributed by atoms with Crippen LogP contribution in [0.15, 0.2) is 12.1 Å². The van der Waals surface area contributed by atoms with Crippen LogP contribution in [0, 0.1) is 6.92 Å². The van der Waals surface area contributed by atoms with Crippen molar-refractivity contribution in [2.24, 2.45) is 0 Å². The minimum Gasteiger partial charge on any atom is -0.347 e.